The van der Waals surface area contributed by atoms with E-state index in [0.29, 0.717) is 12.1 Å². The van der Waals surface area contributed by atoms with Gasteiger partial charge in [-0.2, -0.15) is 0 Å². The molecule has 1 rings (SSSR count). The van der Waals surface area contributed by atoms with E-state index in [-0.39, 0.29) is 0 Å². The standard InChI is InChI=1S/C13H28N2O/c1-12(2)16-10-9-15(3)11-13-7-5-4-6-8-14-13/h12-14H,4-11H2,1-3H3. The minimum absolute atomic E-state index is 0.351. The lowest BCUT2D eigenvalue weighted by Gasteiger charge is -2.24. The van der Waals surface area contributed by atoms with Gasteiger partial charge in [0.05, 0.1) is 12.7 Å². The van der Waals surface area contributed by atoms with Crippen LogP contribution in [0.4, 0.5) is 0 Å². The summed E-state index contributed by atoms with van der Waals surface area (Å²) in [5.41, 5.74) is 0. The van der Waals surface area contributed by atoms with E-state index in [9.17, 15) is 0 Å². The van der Waals surface area contributed by atoms with Crippen LogP contribution in [0.25, 0.3) is 0 Å². The number of rotatable bonds is 6. The van der Waals surface area contributed by atoms with Crippen molar-refractivity contribution >= 4 is 0 Å². The van der Waals surface area contributed by atoms with Gasteiger partial charge in [0.15, 0.2) is 0 Å². The van der Waals surface area contributed by atoms with E-state index in [0.717, 1.165) is 19.7 Å². The summed E-state index contributed by atoms with van der Waals surface area (Å²) < 4.78 is 5.56. The second-order valence-corrected chi connectivity index (χ2v) is 5.18. The molecule has 1 saturated heterocycles. The monoisotopic (exact) mass is 228 g/mol. The van der Waals surface area contributed by atoms with Crippen LogP contribution in [0, 0.1) is 0 Å². The smallest absolute Gasteiger partial charge is 0.0596 e. The fraction of sp³-hybridized carbons (Fsp3) is 1.00. The van der Waals surface area contributed by atoms with Gasteiger partial charge in [-0.15, -0.1) is 0 Å². The van der Waals surface area contributed by atoms with Crippen LogP contribution in [0.3, 0.4) is 0 Å². The minimum Gasteiger partial charge on any atom is -0.377 e. The topological polar surface area (TPSA) is 24.5 Å². The molecule has 1 aliphatic heterocycles. The quantitative estimate of drug-likeness (QED) is 0.751. The Bertz CT molecular complexity index is 165. The first kappa shape index (κ1) is 13.9. The van der Waals surface area contributed by atoms with Gasteiger partial charge in [-0.3, -0.25) is 0 Å². The largest absolute Gasteiger partial charge is 0.377 e. The highest BCUT2D eigenvalue weighted by Gasteiger charge is 2.13. The van der Waals surface area contributed by atoms with Crippen molar-refractivity contribution in [3.8, 4) is 0 Å². The van der Waals surface area contributed by atoms with Crippen molar-refractivity contribution in [1.29, 1.82) is 0 Å². The second-order valence-electron chi connectivity index (χ2n) is 5.18. The predicted octanol–water partition coefficient (Wildman–Crippen LogP) is 1.88. The zero-order valence-corrected chi connectivity index (χ0v) is 11.2. The summed E-state index contributed by atoms with van der Waals surface area (Å²) in [5, 5.41) is 3.63. The molecule has 96 valence electrons. The number of ether oxygens (including phenoxy) is 1. The number of hydrogen-bond donors (Lipinski definition) is 1. The Labute approximate surface area is 101 Å². The molecular weight excluding hydrogens is 200 g/mol. The third kappa shape index (κ3) is 6.46. The maximum atomic E-state index is 5.56. The summed E-state index contributed by atoms with van der Waals surface area (Å²) in [7, 11) is 2.19. The Balaban J connectivity index is 2.09. The van der Waals surface area contributed by atoms with E-state index in [4.69, 9.17) is 4.74 Å². The number of nitrogens with zero attached hydrogens (tertiary/aromatic N) is 1. The average molecular weight is 228 g/mol. The number of nitrogens with one attached hydrogen (secondary N) is 1. The molecule has 0 aromatic rings. The zero-order chi connectivity index (χ0) is 11.8. The van der Waals surface area contributed by atoms with Crippen molar-refractivity contribution in [2.75, 3.05) is 33.3 Å². The van der Waals surface area contributed by atoms with E-state index in [2.05, 4.69) is 31.1 Å². The third-order valence-electron chi connectivity index (χ3n) is 3.12. The Morgan fingerprint density at radius 2 is 2.12 bits per heavy atom. The van der Waals surface area contributed by atoms with Crippen LogP contribution in [-0.2, 0) is 4.74 Å². The van der Waals surface area contributed by atoms with Crippen LogP contribution in [-0.4, -0.2) is 50.3 Å². The zero-order valence-electron chi connectivity index (χ0n) is 11.2. The van der Waals surface area contributed by atoms with Crippen LogP contribution in [0.1, 0.15) is 39.5 Å². The van der Waals surface area contributed by atoms with E-state index < -0.39 is 0 Å². The lowest BCUT2D eigenvalue weighted by molar-refractivity contribution is 0.0622. The maximum Gasteiger partial charge on any atom is 0.0596 e. The molecule has 1 fully saturated rings. The van der Waals surface area contributed by atoms with Crippen LogP contribution >= 0.6 is 0 Å². The Kier molecular flexibility index (Phi) is 7.01. The van der Waals surface area contributed by atoms with E-state index >= 15 is 0 Å². The molecule has 0 bridgehead atoms. The Morgan fingerprint density at radius 1 is 1.31 bits per heavy atom. The summed E-state index contributed by atoms with van der Waals surface area (Å²) >= 11 is 0. The fourth-order valence-corrected chi connectivity index (χ4v) is 2.17. The highest BCUT2D eigenvalue weighted by atomic mass is 16.5. The van der Waals surface area contributed by atoms with Crippen LogP contribution in [0.5, 0.6) is 0 Å². The molecule has 16 heavy (non-hydrogen) atoms. The van der Waals surface area contributed by atoms with Gasteiger partial charge in [-0.25, -0.2) is 0 Å². The molecule has 1 unspecified atom stereocenters. The molecule has 3 nitrogen and oxygen atoms in total. The van der Waals surface area contributed by atoms with Gasteiger partial charge in [0.2, 0.25) is 0 Å². The van der Waals surface area contributed by atoms with Gasteiger partial charge >= 0.3 is 0 Å². The average Bonchev–Trinajstić information content (AvgIpc) is 2.45. The molecule has 1 atom stereocenters. The van der Waals surface area contributed by atoms with Gasteiger partial charge in [-0.1, -0.05) is 12.8 Å². The van der Waals surface area contributed by atoms with Crippen LogP contribution in [0.2, 0.25) is 0 Å². The minimum atomic E-state index is 0.351. The highest BCUT2D eigenvalue weighted by Crippen LogP contribution is 2.09. The second kappa shape index (κ2) is 8.04. The Morgan fingerprint density at radius 3 is 2.88 bits per heavy atom. The fourth-order valence-electron chi connectivity index (χ4n) is 2.17. The molecular formula is C13H28N2O. The normalized spacial score (nSPS) is 22.7. The summed E-state index contributed by atoms with van der Waals surface area (Å²) in [4.78, 5) is 2.38. The molecule has 0 aromatic heterocycles. The highest BCUT2D eigenvalue weighted by molar-refractivity contribution is 4.73. The van der Waals surface area contributed by atoms with Gasteiger partial charge < -0.3 is 15.0 Å². The third-order valence-corrected chi connectivity index (χ3v) is 3.12. The van der Waals surface area contributed by atoms with Crippen molar-refractivity contribution in [1.82, 2.24) is 10.2 Å². The molecule has 0 spiro atoms. The molecule has 0 saturated carbocycles. The molecule has 3 heteroatoms. The van der Waals surface area contributed by atoms with E-state index in [1.807, 2.05) is 0 Å². The van der Waals surface area contributed by atoms with Gasteiger partial charge in [0.25, 0.3) is 0 Å². The summed E-state index contributed by atoms with van der Waals surface area (Å²) in [5.74, 6) is 0. The van der Waals surface area contributed by atoms with E-state index in [1.54, 1.807) is 0 Å². The first-order valence-electron chi connectivity index (χ1n) is 6.72. The molecule has 0 amide bonds. The van der Waals surface area contributed by atoms with Crippen LogP contribution < -0.4 is 5.32 Å². The first-order valence-corrected chi connectivity index (χ1v) is 6.72. The lowest BCUT2D eigenvalue weighted by Crippen LogP contribution is -2.40. The van der Waals surface area contributed by atoms with Crippen molar-refractivity contribution in [2.24, 2.45) is 0 Å². The number of likely N-dealkylation sites (N-methyl/N-ethyl adjacent to an activating group) is 1. The molecule has 0 aromatic carbocycles. The molecule has 1 heterocycles. The van der Waals surface area contributed by atoms with Crippen LogP contribution in [0.15, 0.2) is 0 Å². The molecule has 0 radical (unpaired) electrons. The van der Waals surface area contributed by atoms with Gasteiger partial charge in [0.1, 0.15) is 0 Å². The van der Waals surface area contributed by atoms with Gasteiger partial charge in [0, 0.05) is 19.1 Å². The maximum absolute atomic E-state index is 5.56. The molecule has 0 aliphatic carbocycles. The lowest BCUT2D eigenvalue weighted by atomic mass is 10.1. The van der Waals surface area contributed by atoms with Crippen molar-refractivity contribution < 1.29 is 4.74 Å². The molecule has 1 aliphatic rings. The van der Waals surface area contributed by atoms with E-state index in [1.165, 1.54) is 32.2 Å². The summed E-state index contributed by atoms with van der Waals surface area (Å²) in [6.07, 6.45) is 5.80. The SMILES string of the molecule is CC(C)OCCN(C)CC1CCCCCN1. The molecule has 1 N–H and O–H groups in total. The first-order chi connectivity index (χ1) is 7.68. The summed E-state index contributed by atoms with van der Waals surface area (Å²) in [6, 6.07) is 0.687. The van der Waals surface area contributed by atoms with Gasteiger partial charge in [-0.05, 0) is 40.3 Å². The Hall–Kier alpha value is -0.120. The summed E-state index contributed by atoms with van der Waals surface area (Å²) in [6.45, 7) is 8.42. The number of hydrogen-bond acceptors (Lipinski definition) is 3. The van der Waals surface area contributed by atoms with Crippen molar-refractivity contribution in [3.63, 3.8) is 0 Å². The van der Waals surface area contributed by atoms with Crippen molar-refractivity contribution in [2.45, 2.75) is 51.7 Å². The van der Waals surface area contributed by atoms with Crippen molar-refractivity contribution in [3.05, 3.63) is 0 Å². The predicted molar refractivity (Wildman–Crippen MR) is 68.8 cm³/mol.